The highest BCUT2D eigenvalue weighted by atomic mass is 79.9. The van der Waals surface area contributed by atoms with Gasteiger partial charge >= 0.3 is 0 Å². The van der Waals surface area contributed by atoms with Gasteiger partial charge < -0.3 is 9.73 Å². The van der Waals surface area contributed by atoms with Gasteiger partial charge in [-0.05, 0) is 46.3 Å². The van der Waals surface area contributed by atoms with Crippen LogP contribution in [0, 0.1) is 0 Å². The summed E-state index contributed by atoms with van der Waals surface area (Å²) in [4.78, 5) is 25.4. The highest BCUT2D eigenvalue weighted by Gasteiger charge is 2.17. The molecule has 0 spiro atoms. The van der Waals surface area contributed by atoms with E-state index >= 15 is 0 Å². The van der Waals surface area contributed by atoms with Crippen LogP contribution in [0.2, 0.25) is 5.02 Å². The Morgan fingerprint density at radius 1 is 1.00 bits per heavy atom. The van der Waals surface area contributed by atoms with E-state index in [1.807, 2.05) is 30.3 Å². The Labute approximate surface area is 201 Å². The number of thioether (sulfide) groups is 1. The highest BCUT2D eigenvalue weighted by molar-refractivity contribution is 9.10. The fourth-order valence-corrected chi connectivity index (χ4v) is 4.07. The van der Waals surface area contributed by atoms with Crippen LogP contribution < -0.4 is 5.32 Å². The van der Waals surface area contributed by atoms with E-state index in [4.69, 9.17) is 16.0 Å². The zero-order valence-corrected chi connectivity index (χ0v) is 19.6. The van der Waals surface area contributed by atoms with Crippen molar-refractivity contribution in [1.82, 2.24) is 10.2 Å². The molecule has 0 unspecified atom stereocenters. The van der Waals surface area contributed by atoms with Crippen LogP contribution in [-0.2, 0) is 4.79 Å². The smallest absolute Gasteiger partial charge is 0.277 e. The molecule has 32 heavy (non-hydrogen) atoms. The molecule has 3 aromatic carbocycles. The van der Waals surface area contributed by atoms with Crippen LogP contribution in [0.5, 0.6) is 0 Å². The molecule has 9 heteroatoms. The third kappa shape index (κ3) is 5.27. The fraction of sp³-hybridized carbons (Fsp3) is 0.0435. The molecule has 6 nitrogen and oxygen atoms in total. The van der Waals surface area contributed by atoms with Gasteiger partial charge in [0.1, 0.15) is 0 Å². The molecular formula is C23H15BrClN3O3S. The number of carbonyl (C=O) groups excluding carboxylic acids is 2. The van der Waals surface area contributed by atoms with Crippen LogP contribution in [0.15, 0.2) is 86.9 Å². The summed E-state index contributed by atoms with van der Waals surface area (Å²) < 4.78 is 6.48. The quantitative estimate of drug-likeness (QED) is 0.230. The maximum absolute atomic E-state index is 12.9. The fourth-order valence-electron chi connectivity index (χ4n) is 2.88. The summed E-state index contributed by atoms with van der Waals surface area (Å²) in [7, 11) is 0. The Balaban J connectivity index is 1.44. The third-order valence-electron chi connectivity index (χ3n) is 4.37. The van der Waals surface area contributed by atoms with Gasteiger partial charge in [-0.25, -0.2) is 0 Å². The molecule has 0 fully saturated rings. The van der Waals surface area contributed by atoms with Gasteiger partial charge in [0, 0.05) is 20.6 Å². The van der Waals surface area contributed by atoms with Crippen LogP contribution in [0.1, 0.15) is 15.9 Å². The first-order valence-electron chi connectivity index (χ1n) is 9.41. The average Bonchev–Trinajstić information content (AvgIpc) is 3.28. The summed E-state index contributed by atoms with van der Waals surface area (Å²) in [6.07, 6.45) is 0. The molecule has 0 saturated carbocycles. The topological polar surface area (TPSA) is 85.1 Å². The molecule has 4 rings (SSSR count). The van der Waals surface area contributed by atoms with Crippen LogP contribution in [0.25, 0.3) is 11.5 Å². The lowest BCUT2D eigenvalue weighted by Crippen LogP contribution is -2.17. The standard InChI is InChI=1S/C23H15BrClN3O3S/c24-18-9-5-4-8-16(18)22-27-28-23(31-22)32-13-20(29)26-19-11-10-15(25)12-17(19)21(30)14-6-2-1-3-7-14/h1-12H,13H2,(H,26,29). The van der Waals surface area contributed by atoms with E-state index in [1.165, 1.54) is 0 Å². The van der Waals surface area contributed by atoms with E-state index in [2.05, 4.69) is 31.4 Å². The number of anilines is 1. The molecule has 0 saturated heterocycles. The largest absolute Gasteiger partial charge is 0.411 e. The molecule has 1 aromatic heterocycles. The van der Waals surface area contributed by atoms with Crippen LogP contribution in [-0.4, -0.2) is 27.6 Å². The van der Waals surface area contributed by atoms with Crippen LogP contribution in [0.3, 0.4) is 0 Å². The normalized spacial score (nSPS) is 10.7. The van der Waals surface area contributed by atoms with Crippen molar-refractivity contribution in [2.24, 2.45) is 0 Å². The molecule has 1 amide bonds. The molecule has 0 bridgehead atoms. The van der Waals surface area contributed by atoms with E-state index in [0.29, 0.717) is 27.7 Å². The number of nitrogens with zero attached hydrogens (tertiary/aromatic N) is 2. The van der Waals surface area contributed by atoms with Gasteiger partial charge in [0.15, 0.2) is 5.78 Å². The molecule has 0 aliphatic carbocycles. The van der Waals surface area contributed by atoms with Crippen molar-refractivity contribution in [3.05, 3.63) is 93.4 Å². The summed E-state index contributed by atoms with van der Waals surface area (Å²) >= 11 is 10.6. The zero-order valence-electron chi connectivity index (χ0n) is 16.4. The van der Waals surface area contributed by atoms with Crippen molar-refractivity contribution in [2.45, 2.75) is 5.22 Å². The van der Waals surface area contributed by atoms with Crippen molar-refractivity contribution in [2.75, 3.05) is 11.1 Å². The lowest BCUT2D eigenvalue weighted by molar-refractivity contribution is -0.113. The number of amides is 1. The number of ketones is 1. The lowest BCUT2D eigenvalue weighted by atomic mass is 10.0. The minimum absolute atomic E-state index is 0.0270. The molecule has 1 N–H and O–H groups in total. The van der Waals surface area contributed by atoms with Gasteiger partial charge in [-0.3, -0.25) is 9.59 Å². The maximum atomic E-state index is 12.9. The van der Waals surface area contributed by atoms with Gasteiger partial charge in [-0.15, -0.1) is 10.2 Å². The Morgan fingerprint density at radius 3 is 2.53 bits per heavy atom. The summed E-state index contributed by atoms with van der Waals surface area (Å²) in [5.74, 6) is -0.168. The van der Waals surface area contributed by atoms with Gasteiger partial charge in [0.2, 0.25) is 11.8 Å². The lowest BCUT2D eigenvalue weighted by Gasteiger charge is -2.11. The number of rotatable bonds is 7. The summed E-state index contributed by atoms with van der Waals surface area (Å²) in [5, 5.41) is 11.5. The average molecular weight is 529 g/mol. The highest BCUT2D eigenvalue weighted by Crippen LogP contribution is 2.29. The molecule has 0 aliphatic rings. The molecule has 160 valence electrons. The first-order valence-corrected chi connectivity index (χ1v) is 11.6. The van der Waals surface area contributed by atoms with Gasteiger partial charge in [-0.1, -0.05) is 65.8 Å². The monoisotopic (exact) mass is 527 g/mol. The number of nitrogens with one attached hydrogen (secondary N) is 1. The first-order chi connectivity index (χ1) is 15.5. The number of benzene rings is 3. The summed E-state index contributed by atoms with van der Waals surface area (Å²) in [5.41, 5.74) is 1.97. The number of carbonyl (C=O) groups is 2. The molecule has 4 aromatic rings. The second kappa shape index (κ2) is 10.1. The first kappa shape index (κ1) is 22.3. The number of hydrogen-bond acceptors (Lipinski definition) is 6. The van der Waals surface area contributed by atoms with Crippen molar-refractivity contribution < 1.29 is 14.0 Å². The Bertz CT molecular complexity index is 1280. The Hall–Kier alpha value is -2.94. The maximum Gasteiger partial charge on any atom is 0.277 e. The number of hydrogen-bond donors (Lipinski definition) is 1. The van der Waals surface area contributed by atoms with E-state index in [9.17, 15) is 9.59 Å². The van der Waals surface area contributed by atoms with Crippen LogP contribution in [0.4, 0.5) is 5.69 Å². The second-order valence-electron chi connectivity index (χ2n) is 6.57. The molecule has 0 atom stereocenters. The molecular weight excluding hydrogens is 514 g/mol. The second-order valence-corrected chi connectivity index (χ2v) is 8.79. The van der Waals surface area contributed by atoms with E-state index < -0.39 is 0 Å². The number of halogens is 2. The molecule has 0 radical (unpaired) electrons. The number of aromatic nitrogens is 2. The predicted octanol–water partition coefficient (Wildman–Crippen LogP) is 6.11. The van der Waals surface area contributed by atoms with E-state index in [-0.39, 0.29) is 22.7 Å². The summed E-state index contributed by atoms with van der Waals surface area (Å²) in [6, 6.07) is 21.1. The minimum atomic E-state index is -0.319. The van der Waals surface area contributed by atoms with Gasteiger partial charge in [0.25, 0.3) is 5.22 Å². The minimum Gasteiger partial charge on any atom is -0.411 e. The zero-order chi connectivity index (χ0) is 22.5. The van der Waals surface area contributed by atoms with Gasteiger partial charge in [0.05, 0.1) is 17.0 Å². The van der Waals surface area contributed by atoms with Gasteiger partial charge in [-0.2, -0.15) is 0 Å². The van der Waals surface area contributed by atoms with Crippen molar-refractivity contribution in [1.29, 1.82) is 0 Å². The molecule has 0 aliphatic heterocycles. The third-order valence-corrected chi connectivity index (χ3v) is 6.12. The van der Waals surface area contributed by atoms with E-state index in [0.717, 1.165) is 21.8 Å². The van der Waals surface area contributed by atoms with Crippen molar-refractivity contribution in [3.63, 3.8) is 0 Å². The predicted molar refractivity (Wildman–Crippen MR) is 128 cm³/mol. The van der Waals surface area contributed by atoms with Crippen LogP contribution >= 0.6 is 39.3 Å². The Morgan fingerprint density at radius 2 is 1.75 bits per heavy atom. The summed E-state index contributed by atoms with van der Waals surface area (Å²) in [6.45, 7) is 0. The van der Waals surface area contributed by atoms with E-state index in [1.54, 1.807) is 42.5 Å². The Kier molecular flexibility index (Phi) is 7.04. The SMILES string of the molecule is O=C(CSc1nnc(-c2ccccc2Br)o1)Nc1ccc(Cl)cc1C(=O)c1ccccc1. The van der Waals surface area contributed by atoms with Crippen molar-refractivity contribution in [3.8, 4) is 11.5 Å². The van der Waals surface area contributed by atoms with Crippen molar-refractivity contribution >= 4 is 56.7 Å². The molecule has 1 heterocycles.